The Balaban J connectivity index is 3.63. The van der Waals surface area contributed by atoms with Crippen molar-refractivity contribution >= 4 is 15.9 Å². The maximum atomic E-state index is 3.74. The smallest absolute Gasteiger partial charge is 0.00622 e. The van der Waals surface area contributed by atoms with E-state index in [0.717, 1.165) is 23.6 Å². The zero-order valence-corrected chi connectivity index (χ0v) is 8.52. The van der Waals surface area contributed by atoms with Gasteiger partial charge in [0.1, 0.15) is 0 Å². The fourth-order valence-corrected chi connectivity index (χ4v) is 2.21. The molecular weight excluding hydrogens is 188 g/mol. The van der Waals surface area contributed by atoms with Crippen LogP contribution >= 0.6 is 15.9 Å². The standard InChI is InChI=1S/C9H17Br/c1-4-6-8(3)9(5-2)7-10/h4,8-9H,1,5-7H2,2-3H3. The molecule has 0 spiro atoms. The lowest BCUT2D eigenvalue weighted by Crippen LogP contribution is -2.11. The monoisotopic (exact) mass is 204 g/mol. The van der Waals surface area contributed by atoms with Crippen LogP contribution in [0, 0.1) is 11.8 Å². The molecule has 60 valence electrons. The van der Waals surface area contributed by atoms with Gasteiger partial charge in [0.15, 0.2) is 0 Å². The molecule has 0 radical (unpaired) electrons. The normalized spacial score (nSPS) is 16.3. The first-order valence-electron chi connectivity index (χ1n) is 3.93. The Bertz CT molecular complexity index is 84.7. The van der Waals surface area contributed by atoms with Crippen molar-refractivity contribution in [1.29, 1.82) is 0 Å². The second kappa shape index (κ2) is 5.96. The van der Waals surface area contributed by atoms with Gasteiger partial charge in [-0.1, -0.05) is 42.3 Å². The van der Waals surface area contributed by atoms with E-state index in [-0.39, 0.29) is 0 Å². The molecule has 0 N–H and O–H groups in total. The molecule has 0 aliphatic heterocycles. The number of rotatable bonds is 5. The molecule has 0 saturated heterocycles. The zero-order valence-electron chi connectivity index (χ0n) is 6.94. The molecular formula is C9H17Br. The van der Waals surface area contributed by atoms with Gasteiger partial charge in [-0.15, -0.1) is 6.58 Å². The summed E-state index contributed by atoms with van der Waals surface area (Å²) in [7, 11) is 0. The second-order valence-corrected chi connectivity index (χ2v) is 3.47. The van der Waals surface area contributed by atoms with Gasteiger partial charge in [-0.3, -0.25) is 0 Å². The molecule has 0 aliphatic rings. The molecule has 1 heteroatoms. The highest BCUT2D eigenvalue weighted by atomic mass is 79.9. The van der Waals surface area contributed by atoms with Crippen molar-refractivity contribution in [3.63, 3.8) is 0 Å². The van der Waals surface area contributed by atoms with Crippen molar-refractivity contribution < 1.29 is 0 Å². The van der Waals surface area contributed by atoms with Gasteiger partial charge in [-0.25, -0.2) is 0 Å². The lowest BCUT2D eigenvalue weighted by molar-refractivity contribution is 0.389. The van der Waals surface area contributed by atoms with Gasteiger partial charge in [0, 0.05) is 5.33 Å². The third-order valence-electron chi connectivity index (χ3n) is 2.07. The van der Waals surface area contributed by atoms with Gasteiger partial charge in [0.2, 0.25) is 0 Å². The van der Waals surface area contributed by atoms with Crippen molar-refractivity contribution in [2.45, 2.75) is 26.7 Å². The molecule has 2 atom stereocenters. The number of halogens is 1. The van der Waals surface area contributed by atoms with Crippen LogP contribution in [0.15, 0.2) is 12.7 Å². The van der Waals surface area contributed by atoms with Crippen molar-refractivity contribution in [2.75, 3.05) is 5.33 Å². The quantitative estimate of drug-likeness (QED) is 0.475. The van der Waals surface area contributed by atoms with Crippen LogP contribution < -0.4 is 0 Å². The van der Waals surface area contributed by atoms with Gasteiger partial charge >= 0.3 is 0 Å². The average molecular weight is 205 g/mol. The van der Waals surface area contributed by atoms with Crippen LogP contribution in [0.2, 0.25) is 0 Å². The Kier molecular flexibility index (Phi) is 6.10. The SMILES string of the molecule is C=CCC(C)C(CC)CBr. The maximum Gasteiger partial charge on any atom is 0.00622 e. The van der Waals surface area contributed by atoms with E-state index in [0.29, 0.717) is 0 Å². The first-order valence-corrected chi connectivity index (χ1v) is 5.05. The molecule has 0 fully saturated rings. The molecule has 0 aliphatic carbocycles. The minimum absolute atomic E-state index is 0.780. The fourth-order valence-electron chi connectivity index (χ4n) is 1.12. The fraction of sp³-hybridized carbons (Fsp3) is 0.778. The summed E-state index contributed by atoms with van der Waals surface area (Å²) < 4.78 is 0. The Morgan fingerprint density at radius 3 is 2.50 bits per heavy atom. The average Bonchev–Trinajstić information content (AvgIpc) is 1.91. The van der Waals surface area contributed by atoms with Crippen LogP contribution in [-0.4, -0.2) is 5.33 Å². The molecule has 0 bridgehead atoms. The minimum Gasteiger partial charge on any atom is -0.103 e. The summed E-state index contributed by atoms with van der Waals surface area (Å²) in [5.74, 6) is 1.60. The van der Waals surface area contributed by atoms with Gasteiger partial charge in [0.05, 0.1) is 0 Å². The van der Waals surface area contributed by atoms with Crippen molar-refractivity contribution in [1.82, 2.24) is 0 Å². The molecule has 0 saturated carbocycles. The molecule has 0 heterocycles. The highest BCUT2D eigenvalue weighted by Gasteiger charge is 2.11. The van der Waals surface area contributed by atoms with Crippen LogP contribution in [0.5, 0.6) is 0 Å². The molecule has 0 aromatic carbocycles. The van der Waals surface area contributed by atoms with E-state index < -0.39 is 0 Å². The summed E-state index contributed by atoms with van der Waals surface area (Å²) in [5.41, 5.74) is 0. The van der Waals surface area contributed by atoms with E-state index in [9.17, 15) is 0 Å². The van der Waals surface area contributed by atoms with E-state index in [1.807, 2.05) is 6.08 Å². The van der Waals surface area contributed by atoms with Crippen molar-refractivity contribution in [3.05, 3.63) is 12.7 Å². The number of allylic oxidation sites excluding steroid dienone is 1. The van der Waals surface area contributed by atoms with Crippen LogP contribution in [0.4, 0.5) is 0 Å². The van der Waals surface area contributed by atoms with Crippen LogP contribution in [0.25, 0.3) is 0 Å². The maximum absolute atomic E-state index is 3.74. The van der Waals surface area contributed by atoms with E-state index >= 15 is 0 Å². The zero-order chi connectivity index (χ0) is 7.98. The van der Waals surface area contributed by atoms with Crippen LogP contribution in [0.3, 0.4) is 0 Å². The Labute approximate surface area is 72.8 Å². The van der Waals surface area contributed by atoms with Gasteiger partial charge < -0.3 is 0 Å². The first-order chi connectivity index (χ1) is 4.76. The van der Waals surface area contributed by atoms with E-state index in [1.165, 1.54) is 6.42 Å². The summed E-state index contributed by atoms with van der Waals surface area (Å²) in [6, 6.07) is 0. The number of hydrogen-bond donors (Lipinski definition) is 0. The number of alkyl halides is 1. The minimum atomic E-state index is 0.780. The lowest BCUT2D eigenvalue weighted by atomic mass is 9.91. The predicted molar refractivity (Wildman–Crippen MR) is 51.6 cm³/mol. The summed E-state index contributed by atoms with van der Waals surface area (Å²) in [4.78, 5) is 0. The summed E-state index contributed by atoms with van der Waals surface area (Å²) in [6.07, 6.45) is 4.42. The van der Waals surface area contributed by atoms with Gasteiger partial charge in [-0.2, -0.15) is 0 Å². The second-order valence-electron chi connectivity index (χ2n) is 2.82. The predicted octanol–water partition coefficient (Wildman–Crippen LogP) is 3.62. The summed E-state index contributed by atoms with van der Waals surface area (Å²) >= 11 is 3.51. The Hall–Kier alpha value is 0.220. The summed E-state index contributed by atoms with van der Waals surface area (Å²) in [5, 5.41) is 1.12. The third-order valence-corrected chi connectivity index (χ3v) is 2.90. The highest BCUT2D eigenvalue weighted by molar-refractivity contribution is 9.09. The van der Waals surface area contributed by atoms with Crippen LogP contribution in [-0.2, 0) is 0 Å². The van der Waals surface area contributed by atoms with E-state index in [1.54, 1.807) is 0 Å². The lowest BCUT2D eigenvalue weighted by Gasteiger charge is -2.18. The van der Waals surface area contributed by atoms with Crippen molar-refractivity contribution in [3.8, 4) is 0 Å². The summed E-state index contributed by atoms with van der Waals surface area (Å²) in [6.45, 7) is 8.27. The van der Waals surface area contributed by atoms with E-state index in [2.05, 4.69) is 36.4 Å². The molecule has 0 amide bonds. The molecule has 0 aromatic rings. The molecule has 10 heavy (non-hydrogen) atoms. The molecule has 0 nitrogen and oxygen atoms in total. The van der Waals surface area contributed by atoms with Gasteiger partial charge in [-0.05, 0) is 18.3 Å². The highest BCUT2D eigenvalue weighted by Crippen LogP contribution is 2.20. The molecule has 0 aromatic heterocycles. The topological polar surface area (TPSA) is 0 Å². The third kappa shape index (κ3) is 3.40. The Morgan fingerprint density at radius 1 is 1.60 bits per heavy atom. The van der Waals surface area contributed by atoms with Gasteiger partial charge in [0.25, 0.3) is 0 Å². The molecule has 2 unspecified atom stereocenters. The van der Waals surface area contributed by atoms with E-state index in [4.69, 9.17) is 0 Å². The Morgan fingerprint density at radius 2 is 2.20 bits per heavy atom. The van der Waals surface area contributed by atoms with Crippen molar-refractivity contribution in [2.24, 2.45) is 11.8 Å². The molecule has 0 rings (SSSR count). The largest absolute Gasteiger partial charge is 0.103 e. The van der Waals surface area contributed by atoms with Crippen LogP contribution in [0.1, 0.15) is 26.7 Å². The number of hydrogen-bond acceptors (Lipinski definition) is 0. The first kappa shape index (κ1) is 10.2.